The second-order valence-electron chi connectivity index (χ2n) is 8.25. The number of urea groups is 1. The Morgan fingerprint density at radius 2 is 1.89 bits per heavy atom. The van der Waals surface area contributed by atoms with Crippen molar-refractivity contribution in [3.05, 3.63) is 36.2 Å². The molecular formula is C20H27N5O3. The van der Waals surface area contributed by atoms with E-state index in [1.807, 2.05) is 24.3 Å². The number of aromatic nitrogens is 3. The van der Waals surface area contributed by atoms with E-state index in [1.165, 1.54) is 0 Å². The summed E-state index contributed by atoms with van der Waals surface area (Å²) < 4.78 is 1.63. The van der Waals surface area contributed by atoms with E-state index in [1.54, 1.807) is 10.9 Å². The number of carbonyl (C=O) groups is 2. The van der Waals surface area contributed by atoms with Crippen molar-refractivity contribution in [3.8, 4) is 5.82 Å². The van der Waals surface area contributed by atoms with E-state index >= 15 is 0 Å². The molecule has 0 unspecified atom stereocenters. The molecule has 1 saturated carbocycles. The van der Waals surface area contributed by atoms with Crippen LogP contribution in [-0.4, -0.2) is 37.9 Å². The van der Waals surface area contributed by atoms with E-state index in [0.29, 0.717) is 37.3 Å². The summed E-state index contributed by atoms with van der Waals surface area (Å²) in [6, 6.07) is 7.03. The summed E-state index contributed by atoms with van der Waals surface area (Å²) in [5, 5.41) is 19.5. The minimum Gasteiger partial charge on any atom is -0.481 e. The zero-order valence-corrected chi connectivity index (χ0v) is 16.5. The number of nitrogens with zero attached hydrogens (tertiary/aromatic N) is 3. The molecule has 0 bridgehead atoms. The minimum atomic E-state index is -0.753. The first-order valence-electron chi connectivity index (χ1n) is 9.56. The van der Waals surface area contributed by atoms with Gasteiger partial charge in [-0.1, -0.05) is 26.8 Å². The summed E-state index contributed by atoms with van der Waals surface area (Å²) >= 11 is 0. The molecule has 8 heteroatoms. The van der Waals surface area contributed by atoms with Gasteiger partial charge in [0.25, 0.3) is 0 Å². The third-order valence-corrected chi connectivity index (χ3v) is 5.00. The molecule has 0 spiro atoms. The van der Waals surface area contributed by atoms with Crippen molar-refractivity contribution in [2.45, 2.75) is 57.9 Å². The van der Waals surface area contributed by atoms with Crippen molar-refractivity contribution in [1.29, 1.82) is 0 Å². The van der Waals surface area contributed by atoms with Gasteiger partial charge >= 0.3 is 12.0 Å². The van der Waals surface area contributed by atoms with Crippen LogP contribution in [0.15, 0.2) is 30.5 Å². The first-order valence-corrected chi connectivity index (χ1v) is 9.56. The maximum absolute atomic E-state index is 12.5. The fraction of sp³-hybridized carbons (Fsp3) is 0.500. The van der Waals surface area contributed by atoms with Crippen LogP contribution in [-0.2, 0) is 10.2 Å². The monoisotopic (exact) mass is 385 g/mol. The molecule has 0 radical (unpaired) electrons. The Kier molecular flexibility index (Phi) is 5.67. The van der Waals surface area contributed by atoms with Gasteiger partial charge in [-0.15, -0.1) is 0 Å². The molecule has 150 valence electrons. The van der Waals surface area contributed by atoms with Crippen LogP contribution in [0, 0.1) is 5.92 Å². The van der Waals surface area contributed by atoms with Crippen molar-refractivity contribution >= 4 is 17.8 Å². The standard InChI is InChI=1S/C20H27N5O3/c1-20(2,3)15-12-17(25(24-15)16-6-4-5-11-21-16)23-19(28)22-14-9-7-13(8-10-14)18(26)27/h4-6,11-14H,7-10H2,1-3H3,(H,26,27)(H2,22,23,28). The zero-order valence-electron chi connectivity index (χ0n) is 16.5. The average Bonchev–Trinajstić information content (AvgIpc) is 3.07. The molecular weight excluding hydrogens is 358 g/mol. The number of hydrogen-bond donors (Lipinski definition) is 3. The maximum Gasteiger partial charge on any atom is 0.320 e. The maximum atomic E-state index is 12.5. The van der Waals surface area contributed by atoms with Crippen molar-refractivity contribution in [2.75, 3.05) is 5.32 Å². The largest absolute Gasteiger partial charge is 0.481 e. The van der Waals surface area contributed by atoms with Crippen molar-refractivity contribution < 1.29 is 14.7 Å². The summed E-state index contributed by atoms with van der Waals surface area (Å²) in [7, 11) is 0. The fourth-order valence-electron chi connectivity index (χ4n) is 3.31. The molecule has 8 nitrogen and oxygen atoms in total. The van der Waals surface area contributed by atoms with Gasteiger partial charge in [-0.3, -0.25) is 10.1 Å². The lowest BCUT2D eigenvalue weighted by molar-refractivity contribution is -0.142. The molecule has 2 heterocycles. The Bertz CT molecular complexity index is 833. The number of carboxylic acids is 1. The third kappa shape index (κ3) is 4.68. The molecule has 2 aromatic heterocycles. The van der Waals surface area contributed by atoms with E-state index in [4.69, 9.17) is 5.11 Å². The quantitative estimate of drug-likeness (QED) is 0.748. The molecule has 0 aliphatic heterocycles. The molecule has 0 aromatic carbocycles. The van der Waals surface area contributed by atoms with Crippen LogP contribution in [0.4, 0.5) is 10.6 Å². The third-order valence-electron chi connectivity index (χ3n) is 5.00. The number of anilines is 1. The molecule has 1 aliphatic carbocycles. The van der Waals surface area contributed by atoms with E-state index in [-0.39, 0.29) is 23.4 Å². The second-order valence-corrected chi connectivity index (χ2v) is 8.25. The van der Waals surface area contributed by atoms with Gasteiger partial charge in [0.15, 0.2) is 5.82 Å². The molecule has 0 atom stereocenters. The number of carbonyl (C=O) groups excluding carboxylic acids is 1. The van der Waals surface area contributed by atoms with Crippen LogP contribution in [0.3, 0.4) is 0 Å². The number of hydrogen-bond acceptors (Lipinski definition) is 4. The topological polar surface area (TPSA) is 109 Å². The minimum absolute atomic E-state index is 0.0242. The Morgan fingerprint density at radius 1 is 1.18 bits per heavy atom. The first-order chi connectivity index (χ1) is 13.2. The highest BCUT2D eigenvalue weighted by atomic mass is 16.4. The van der Waals surface area contributed by atoms with Crippen LogP contribution < -0.4 is 10.6 Å². The molecule has 0 saturated heterocycles. The summed E-state index contributed by atoms with van der Waals surface area (Å²) in [4.78, 5) is 27.9. The van der Waals surface area contributed by atoms with Crippen molar-refractivity contribution in [3.63, 3.8) is 0 Å². The SMILES string of the molecule is CC(C)(C)c1cc(NC(=O)NC2CCC(C(=O)O)CC2)n(-c2ccccn2)n1. The number of aliphatic carboxylic acids is 1. The normalized spacial score (nSPS) is 19.8. The predicted octanol–water partition coefficient (Wildman–Crippen LogP) is 3.33. The molecule has 3 rings (SSSR count). The van der Waals surface area contributed by atoms with Gasteiger partial charge in [0.2, 0.25) is 0 Å². The fourth-order valence-corrected chi connectivity index (χ4v) is 3.31. The number of amides is 2. The lowest BCUT2D eigenvalue weighted by atomic mass is 9.86. The molecule has 2 amide bonds. The summed E-state index contributed by atoms with van der Waals surface area (Å²) in [6.45, 7) is 6.18. The highest BCUT2D eigenvalue weighted by molar-refractivity contribution is 5.89. The highest BCUT2D eigenvalue weighted by Gasteiger charge is 2.27. The number of pyridine rings is 1. The molecule has 1 fully saturated rings. The van der Waals surface area contributed by atoms with E-state index in [2.05, 4.69) is 41.5 Å². The van der Waals surface area contributed by atoms with Gasteiger partial charge in [0.05, 0.1) is 11.6 Å². The van der Waals surface area contributed by atoms with Crippen LogP contribution in [0.5, 0.6) is 0 Å². The molecule has 2 aromatic rings. The van der Waals surface area contributed by atoms with Gasteiger partial charge in [-0.05, 0) is 37.8 Å². The molecule has 1 aliphatic rings. The van der Waals surface area contributed by atoms with Gasteiger partial charge in [-0.25, -0.2) is 9.78 Å². The first kappa shape index (κ1) is 19.9. The Balaban J connectivity index is 1.72. The zero-order chi connectivity index (χ0) is 20.3. The van der Waals surface area contributed by atoms with Crippen LogP contribution in [0.1, 0.15) is 52.1 Å². The average molecular weight is 385 g/mol. The van der Waals surface area contributed by atoms with E-state index < -0.39 is 5.97 Å². The molecule has 28 heavy (non-hydrogen) atoms. The Hall–Kier alpha value is -2.90. The predicted molar refractivity (Wildman–Crippen MR) is 106 cm³/mol. The van der Waals surface area contributed by atoms with Crippen LogP contribution in [0.2, 0.25) is 0 Å². The highest BCUT2D eigenvalue weighted by Crippen LogP contribution is 2.27. The van der Waals surface area contributed by atoms with Crippen molar-refractivity contribution in [2.24, 2.45) is 5.92 Å². The lowest BCUT2D eigenvalue weighted by Crippen LogP contribution is -2.41. The van der Waals surface area contributed by atoms with Crippen LogP contribution >= 0.6 is 0 Å². The van der Waals surface area contributed by atoms with Crippen LogP contribution in [0.25, 0.3) is 5.82 Å². The smallest absolute Gasteiger partial charge is 0.320 e. The van der Waals surface area contributed by atoms with Gasteiger partial charge in [0.1, 0.15) is 5.82 Å². The van der Waals surface area contributed by atoms with E-state index in [0.717, 1.165) is 5.69 Å². The number of carboxylic acid groups (broad SMARTS) is 1. The number of nitrogens with one attached hydrogen (secondary N) is 2. The summed E-state index contributed by atoms with van der Waals surface area (Å²) in [5.41, 5.74) is 0.665. The van der Waals surface area contributed by atoms with Crippen molar-refractivity contribution in [1.82, 2.24) is 20.1 Å². The summed E-state index contributed by atoms with van der Waals surface area (Å²) in [5.74, 6) is 0.105. The summed E-state index contributed by atoms with van der Waals surface area (Å²) in [6.07, 6.45) is 4.17. The Morgan fingerprint density at radius 3 is 2.46 bits per heavy atom. The van der Waals surface area contributed by atoms with Gasteiger partial charge in [-0.2, -0.15) is 9.78 Å². The second kappa shape index (κ2) is 8.00. The van der Waals surface area contributed by atoms with E-state index in [9.17, 15) is 9.59 Å². The molecule has 3 N–H and O–H groups in total. The van der Waals surface area contributed by atoms with Gasteiger partial charge in [0, 0.05) is 23.7 Å². The lowest BCUT2D eigenvalue weighted by Gasteiger charge is -2.26. The van der Waals surface area contributed by atoms with Gasteiger partial charge < -0.3 is 10.4 Å². The number of rotatable bonds is 4. The Labute approximate surface area is 164 Å².